The minimum absolute atomic E-state index is 0.452. The van der Waals surface area contributed by atoms with Crippen molar-refractivity contribution >= 4 is 39.7 Å². The highest BCUT2D eigenvalue weighted by molar-refractivity contribution is 6.34. The zero-order chi connectivity index (χ0) is 17.7. The van der Waals surface area contributed by atoms with Crippen LogP contribution < -0.4 is 10.6 Å². The Kier molecular flexibility index (Phi) is 3.54. The van der Waals surface area contributed by atoms with Gasteiger partial charge in [-0.1, -0.05) is 23.7 Å². The van der Waals surface area contributed by atoms with E-state index in [1.807, 2.05) is 30.6 Å². The molecule has 4 aromatic rings. The summed E-state index contributed by atoms with van der Waals surface area (Å²) in [6, 6.07) is 10.1. The van der Waals surface area contributed by atoms with Crippen molar-refractivity contribution in [3.8, 4) is 11.1 Å². The Balaban J connectivity index is 2.21. The van der Waals surface area contributed by atoms with E-state index in [2.05, 4.69) is 40.0 Å². The summed E-state index contributed by atoms with van der Waals surface area (Å²) >= 11 is 6.54. The summed E-state index contributed by atoms with van der Waals surface area (Å²) < 4.78 is 1.97. The van der Waals surface area contributed by atoms with Crippen molar-refractivity contribution in [2.24, 2.45) is 0 Å². The molecule has 2 heterocycles. The maximum atomic E-state index is 6.54. The monoisotopic (exact) mass is 351 g/mol. The molecule has 0 unspecified atom stereocenters. The number of anilines is 2. The average molecular weight is 352 g/mol. The van der Waals surface area contributed by atoms with Gasteiger partial charge in [-0.2, -0.15) is 0 Å². The first-order valence-corrected chi connectivity index (χ1v) is 8.33. The van der Waals surface area contributed by atoms with E-state index in [0.29, 0.717) is 10.8 Å². The Labute approximate surface area is 150 Å². The van der Waals surface area contributed by atoms with Crippen LogP contribution in [0.25, 0.3) is 27.7 Å². The highest BCUT2D eigenvalue weighted by Crippen LogP contribution is 2.38. The molecule has 2 aromatic heterocycles. The molecule has 0 radical (unpaired) electrons. The highest BCUT2D eigenvalue weighted by atomic mass is 35.5. The number of fused-ring (bicyclic) bond motifs is 3. The van der Waals surface area contributed by atoms with Crippen LogP contribution >= 0.6 is 11.6 Å². The molecule has 25 heavy (non-hydrogen) atoms. The summed E-state index contributed by atoms with van der Waals surface area (Å²) in [5.74, 6) is 0.452. The van der Waals surface area contributed by atoms with E-state index >= 15 is 0 Å². The summed E-state index contributed by atoms with van der Waals surface area (Å²) in [5.41, 5.74) is 12.8. The second-order valence-corrected chi connectivity index (χ2v) is 6.74. The number of imidazole rings is 1. The van der Waals surface area contributed by atoms with E-state index in [4.69, 9.17) is 17.3 Å². The highest BCUT2D eigenvalue weighted by Gasteiger charge is 2.17. The SMILES string of the molecule is Cc1cccc(Cl)c1-c1cc(N(C)C)cc2c1nc(N)c1cncn12. The summed E-state index contributed by atoms with van der Waals surface area (Å²) in [6.07, 6.45) is 3.49. The average Bonchev–Trinajstić information content (AvgIpc) is 3.05. The van der Waals surface area contributed by atoms with Gasteiger partial charge in [0.25, 0.3) is 0 Å². The minimum Gasteiger partial charge on any atom is -0.382 e. The maximum absolute atomic E-state index is 6.54. The number of aryl methyl sites for hydroxylation is 1. The Morgan fingerprint density at radius 1 is 1.16 bits per heavy atom. The van der Waals surface area contributed by atoms with Crippen LogP contribution in [0, 0.1) is 6.92 Å². The second kappa shape index (κ2) is 5.63. The first-order valence-electron chi connectivity index (χ1n) is 7.95. The standard InChI is InChI=1S/C19H18ClN5/c1-11-5-4-6-14(20)17(11)13-7-12(24(2)3)8-15-18(13)23-19(21)16-9-22-10-25(15)16/h4-10H,1-3H3,(H2,21,23). The molecule has 5 nitrogen and oxygen atoms in total. The lowest BCUT2D eigenvalue weighted by molar-refractivity contribution is 1.13. The first kappa shape index (κ1) is 15.7. The van der Waals surface area contributed by atoms with Gasteiger partial charge in [0.2, 0.25) is 0 Å². The number of nitrogens with zero attached hydrogens (tertiary/aromatic N) is 4. The number of benzene rings is 2. The molecule has 0 spiro atoms. The predicted molar refractivity (Wildman–Crippen MR) is 104 cm³/mol. The topological polar surface area (TPSA) is 59.5 Å². The molecule has 126 valence electrons. The van der Waals surface area contributed by atoms with Crippen LogP contribution in [0.5, 0.6) is 0 Å². The molecule has 0 fully saturated rings. The van der Waals surface area contributed by atoms with Gasteiger partial charge in [-0.3, -0.25) is 4.40 Å². The lowest BCUT2D eigenvalue weighted by Crippen LogP contribution is -2.10. The van der Waals surface area contributed by atoms with Crippen LogP contribution in [-0.2, 0) is 0 Å². The van der Waals surface area contributed by atoms with Gasteiger partial charge in [0.1, 0.15) is 11.3 Å². The zero-order valence-corrected chi connectivity index (χ0v) is 15.0. The molecule has 0 aliphatic rings. The molecule has 0 amide bonds. The van der Waals surface area contributed by atoms with Crippen LogP contribution in [0.1, 0.15) is 5.56 Å². The van der Waals surface area contributed by atoms with Gasteiger partial charge in [-0.05, 0) is 30.7 Å². The van der Waals surface area contributed by atoms with E-state index in [-0.39, 0.29) is 0 Å². The smallest absolute Gasteiger partial charge is 0.150 e. The van der Waals surface area contributed by atoms with Crippen molar-refractivity contribution in [3.63, 3.8) is 0 Å². The molecule has 0 atom stereocenters. The Bertz CT molecular complexity index is 1090. The molecule has 6 heteroatoms. The molecule has 0 bridgehead atoms. The Morgan fingerprint density at radius 3 is 2.68 bits per heavy atom. The van der Waals surface area contributed by atoms with Crippen molar-refractivity contribution in [1.82, 2.24) is 14.4 Å². The zero-order valence-electron chi connectivity index (χ0n) is 14.3. The van der Waals surface area contributed by atoms with Crippen molar-refractivity contribution < 1.29 is 0 Å². The number of hydrogen-bond donors (Lipinski definition) is 1. The molecule has 0 saturated heterocycles. The first-order chi connectivity index (χ1) is 12.0. The molecule has 0 saturated carbocycles. The fraction of sp³-hybridized carbons (Fsp3) is 0.158. The number of halogens is 1. The number of aromatic nitrogens is 3. The Hall–Kier alpha value is -2.79. The van der Waals surface area contributed by atoms with E-state index in [1.54, 1.807) is 12.5 Å². The van der Waals surface area contributed by atoms with Gasteiger partial charge >= 0.3 is 0 Å². The number of hydrogen-bond acceptors (Lipinski definition) is 4. The third kappa shape index (κ3) is 2.39. The molecule has 2 aromatic carbocycles. The van der Waals surface area contributed by atoms with Crippen LogP contribution in [0.15, 0.2) is 42.9 Å². The number of nitrogens with two attached hydrogens (primary N) is 1. The largest absolute Gasteiger partial charge is 0.382 e. The third-order valence-corrected chi connectivity index (χ3v) is 4.79. The summed E-state index contributed by atoms with van der Waals surface area (Å²) in [6.45, 7) is 2.05. The maximum Gasteiger partial charge on any atom is 0.150 e. The van der Waals surface area contributed by atoms with Crippen LogP contribution in [0.2, 0.25) is 5.02 Å². The third-order valence-electron chi connectivity index (χ3n) is 4.47. The van der Waals surface area contributed by atoms with Gasteiger partial charge in [-0.15, -0.1) is 0 Å². The number of rotatable bonds is 2. The van der Waals surface area contributed by atoms with Crippen LogP contribution in [0.4, 0.5) is 11.5 Å². The van der Waals surface area contributed by atoms with Gasteiger partial charge in [-0.25, -0.2) is 9.97 Å². The normalized spacial score (nSPS) is 11.4. The van der Waals surface area contributed by atoms with Gasteiger partial charge in [0, 0.05) is 35.9 Å². The molecule has 2 N–H and O–H groups in total. The van der Waals surface area contributed by atoms with E-state index in [1.165, 1.54) is 0 Å². The number of nitrogen functional groups attached to an aromatic ring is 1. The van der Waals surface area contributed by atoms with E-state index in [9.17, 15) is 0 Å². The van der Waals surface area contributed by atoms with Crippen molar-refractivity contribution in [1.29, 1.82) is 0 Å². The summed E-state index contributed by atoms with van der Waals surface area (Å²) in [5, 5.41) is 0.698. The van der Waals surface area contributed by atoms with Crippen LogP contribution in [-0.4, -0.2) is 28.5 Å². The predicted octanol–water partition coefficient (Wildman–Crippen LogP) is 4.16. The Morgan fingerprint density at radius 2 is 1.96 bits per heavy atom. The lowest BCUT2D eigenvalue weighted by atomic mass is 9.98. The van der Waals surface area contributed by atoms with Gasteiger partial charge < -0.3 is 10.6 Å². The van der Waals surface area contributed by atoms with Crippen LogP contribution in [0.3, 0.4) is 0 Å². The summed E-state index contributed by atoms with van der Waals surface area (Å²) in [7, 11) is 4.03. The fourth-order valence-electron chi connectivity index (χ4n) is 3.18. The fourth-order valence-corrected chi connectivity index (χ4v) is 3.51. The lowest BCUT2D eigenvalue weighted by Gasteiger charge is -2.18. The van der Waals surface area contributed by atoms with E-state index < -0.39 is 0 Å². The molecule has 4 rings (SSSR count). The van der Waals surface area contributed by atoms with Crippen molar-refractivity contribution in [3.05, 3.63) is 53.4 Å². The minimum atomic E-state index is 0.452. The molecular weight excluding hydrogens is 334 g/mol. The molecular formula is C19H18ClN5. The van der Waals surface area contributed by atoms with Gasteiger partial charge in [0.05, 0.1) is 23.6 Å². The quantitative estimate of drug-likeness (QED) is 0.589. The van der Waals surface area contributed by atoms with Gasteiger partial charge in [0.15, 0.2) is 0 Å². The van der Waals surface area contributed by atoms with E-state index in [0.717, 1.165) is 38.9 Å². The molecule has 0 aliphatic heterocycles. The second-order valence-electron chi connectivity index (χ2n) is 6.33. The molecule has 0 aliphatic carbocycles. The summed E-state index contributed by atoms with van der Waals surface area (Å²) in [4.78, 5) is 11.0. The van der Waals surface area contributed by atoms with Crippen molar-refractivity contribution in [2.75, 3.05) is 24.7 Å². The van der Waals surface area contributed by atoms with Crippen molar-refractivity contribution in [2.45, 2.75) is 6.92 Å².